The first-order valence-corrected chi connectivity index (χ1v) is 9.19. The van der Waals surface area contributed by atoms with Gasteiger partial charge in [-0.15, -0.1) is 0 Å². The maximum atomic E-state index is 12.0. The third-order valence-electron chi connectivity index (χ3n) is 4.09. The van der Waals surface area contributed by atoms with E-state index in [0.717, 1.165) is 25.2 Å². The standard InChI is InChI=1S/C18H28N4O2S/c1-4-15-5-7-16(8-6-15)19-18(25)21-20-17(23)9-10-22-11-13(2)24-14(3)12-22/h5-8,13-14H,4,9-12H2,1-3H3,(H,20,23)(H2,19,21,25)/t13-,14-/m0/s1. The number of nitrogens with one attached hydrogen (secondary N) is 3. The quantitative estimate of drug-likeness (QED) is 0.549. The van der Waals surface area contributed by atoms with Crippen LogP contribution in [0.4, 0.5) is 5.69 Å². The number of carbonyl (C=O) groups excluding carboxylic acids is 1. The number of amides is 1. The Morgan fingerprint density at radius 2 is 1.84 bits per heavy atom. The van der Waals surface area contributed by atoms with Gasteiger partial charge in [-0.05, 0) is 50.2 Å². The summed E-state index contributed by atoms with van der Waals surface area (Å²) in [6.07, 6.45) is 1.83. The van der Waals surface area contributed by atoms with E-state index < -0.39 is 0 Å². The number of thiocarbonyl (C=S) groups is 1. The van der Waals surface area contributed by atoms with Crippen molar-refractivity contribution in [3.05, 3.63) is 29.8 Å². The van der Waals surface area contributed by atoms with Crippen LogP contribution >= 0.6 is 12.2 Å². The van der Waals surface area contributed by atoms with E-state index in [0.29, 0.717) is 18.1 Å². The molecule has 7 heteroatoms. The monoisotopic (exact) mass is 364 g/mol. The van der Waals surface area contributed by atoms with Crippen LogP contribution in [0.3, 0.4) is 0 Å². The normalized spacial score (nSPS) is 20.8. The Balaban J connectivity index is 1.66. The van der Waals surface area contributed by atoms with Crippen LogP contribution in [0.1, 0.15) is 32.8 Å². The minimum atomic E-state index is -0.0859. The Hall–Kier alpha value is -1.70. The lowest BCUT2D eigenvalue weighted by Crippen LogP contribution is -2.48. The third-order valence-corrected chi connectivity index (χ3v) is 4.29. The van der Waals surface area contributed by atoms with Crippen molar-refractivity contribution in [2.24, 2.45) is 0 Å². The number of hydrogen-bond acceptors (Lipinski definition) is 4. The van der Waals surface area contributed by atoms with Crippen LogP contribution in [0.2, 0.25) is 0 Å². The zero-order valence-corrected chi connectivity index (χ0v) is 16.0. The summed E-state index contributed by atoms with van der Waals surface area (Å²) >= 11 is 5.19. The van der Waals surface area contributed by atoms with E-state index in [2.05, 4.69) is 41.8 Å². The summed E-state index contributed by atoms with van der Waals surface area (Å²) in [7, 11) is 0. The van der Waals surface area contributed by atoms with E-state index in [1.165, 1.54) is 5.56 Å². The number of hydrazine groups is 1. The molecule has 138 valence electrons. The van der Waals surface area contributed by atoms with Gasteiger partial charge in [0.15, 0.2) is 5.11 Å². The maximum Gasteiger partial charge on any atom is 0.239 e. The molecule has 1 aromatic rings. The molecule has 25 heavy (non-hydrogen) atoms. The molecule has 0 bridgehead atoms. The molecular formula is C18H28N4O2S. The third kappa shape index (κ3) is 6.97. The molecule has 1 heterocycles. The summed E-state index contributed by atoms with van der Waals surface area (Å²) in [5.74, 6) is -0.0859. The van der Waals surface area contributed by atoms with E-state index in [-0.39, 0.29) is 18.1 Å². The van der Waals surface area contributed by atoms with Crippen molar-refractivity contribution in [2.45, 2.75) is 45.8 Å². The molecule has 1 saturated heterocycles. The minimum Gasteiger partial charge on any atom is -0.373 e. The van der Waals surface area contributed by atoms with Gasteiger partial charge in [0, 0.05) is 31.7 Å². The molecule has 6 nitrogen and oxygen atoms in total. The molecule has 0 aromatic heterocycles. The van der Waals surface area contributed by atoms with Gasteiger partial charge in [0.1, 0.15) is 0 Å². The predicted octanol–water partition coefficient (Wildman–Crippen LogP) is 2.07. The summed E-state index contributed by atoms with van der Waals surface area (Å²) in [5, 5.41) is 3.41. The summed E-state index contributed by atoms with van der Waals surface area (Å²) in [5.41, 5.74) is 7.54. The van der Waals surface area contributed by atoms with Crippen molar-refractivity contribution >= 4 is 28.9 Å². The number of benzene rings is 1. The van der Waals surface area contributed by atoms with Crippen LogP contribution in [0.15, 0.2) is 24.3 Å². The predicted molar refractivity (Wildman–Crippen MR) is 104 cm³/mol. The van der Waals surface area contributed by atoms with Crippen LogP contribution in [-0.2, 0) is 16.0 Å². The first kappa shape index (κ1) is 19.6. The van der Waals surface area contributed by atoms with Crippen LogP contribution in [-0.4, -0.2) is 47.8 Å². The molecule has 0 unspecified atom stereocenters. The van der Waals surface area contributed by atoms with E-state index in [4.69, 9.17) is 17.0 Å². The van der Waals surface area contributed by atoms with E-state index in [9.17, 15) is 4.79 Å². The van der Waals surface area contributed by atoms with Gasteiger partial charge in [-0.3, -0.25) is 20.5 Å². The molecular weight excluding hydrogens is 336 g/mol. The summed E-state index contributed by atoms with van der Waals surface area (Å²) < 4.78 is 5.69. The Bertz CT molecular complexity index is 569. The number of rotatable bonds is 5. The molecule has 1 aromatic carbocycles. The lowest BCUT2D eigenvalue weighted by atomic mass is 10.1. The second-order valence-corrected chi connectivity index (χ2v) is 6.85. The average Bonchev–Trinajstić information content (AvgIpc) is 2.58. The Morgan fingerprint density at radius 3 is 2.44 bits per heavy atom. The largest absolute Gasteiger partial charge is 0.373 e. The molecule has 1 aliphatic rings. The second-order valence-electron chi connectivity index (χ2n) is 6.44. The molecule has 1 fully saturated rings. The number of carbonyl (C=O) groups is 1. The Labute approximate surface area is 155 Å². The highest BCUT2D eigenvalue weighted by molar-refractivity contribution is 7.80. The lowest BCUT2D eigenvalue weighted by molar-refractivity contribution is -0.123. The van der Waals surface area contributed by atoms with Gasteiger partial charge >= 0.3 is 0 Å². The number of morpholine rings is 1. The van der Waals surface area contributed by atoms with Gasteiger partial charge in [0.25, 0.3) is 0 Å². The van der Waals surface area contributed by atoms with Gasteiger partial charge in [0.05, 0.1) is 12.2 Å². The summed E-state index contributed by atoms with van der Waals surface area (Å²) in [4.78, 5) is 14.2. The average molecular weight is 365 g/mol. The van der Waals surface area contributed by atoms with Gasteiger partial charge in [-0.1, -0.05) is 19.1 Å². The van der Waals surface area contributed by atoms with Gasteiger partial charge in [0.2, 0.25) is 5.91 Å². The first-order valence-electron chi connectivity index (χ1n) is 8.79. The molecule has 0 spiro atoms. The van der Waals surface area contributed by atoms with Gasteiger partial charge < -0.3 is 10.1 Å². The van der Waals surface area contributed by atoms with E-state index >= 15 is 0 Å². The molecule has 0 saturated carbocycles. The highest BCUT2D eigenvalue weighted by Gasteiger charge is 2.22. The number of anilines is 1. The molecule has 2 rings (SSSR count). The van der Waals surface area contributed by atoms with Crippen molar-refractivity contribution < 1.29 is 9.53 Å². The van der Waals surface area contributed by atoms with Crippen molar-refractivity contribution in [1.82, 2.24) is 15.8 Å². The van der Waals surface area contributed by atoms with Crippen molar-refractivity contribution in [2.75, 3.05) is 25.0 Å². The molecule has 2 atom stereocenters. The van der Waals surface area contributed by atoms with E-state index in [1.807, 2.05) is 24.3 Å². The summed E-state index contributed by atoms with van der Waals surface area (Å²) in [6, 6.07) is 8.03. The van der Waals surface area contributed by atoms with Crippen LogP contribution in [0.25, 0.3) is 0 Å². The number of ether oxygens (including phenoxy) is 1. The lowest BCUT2D eigenvalue weighted by Gasteiger charge is -2.35. The number of hydrogen-bond donors (Lipinski definition) is 3. The van der Waals surface area contributed by atoms with Crippen LogP contribution < -0.4 is 16.2 Å². The number of aryl methyl sites for hydroxylation is 1. The fourth-order valence-electron chi connectivity index (χ4n) is 2.90. The Kier molecular flexibility index (Phi) is 7.61. The van der Waals surface area contributed by atoms with Crippen molar-refractivity contribution in [3.8, 4) is 0 Å². The molecule has 3 N–H and O–H groups in total. The van der Waals surface area contributed by atoms with Gasteiger partial charge in [-0.2, -0.15) is 0 Å². The zero-order valence-electron chi connectivity index (χ0n) is 15.2. The fourth-order valence-corrected chi connectivity index (χ4v) is 3.07. The smallest absolute Gasteiger partial charge is 0.239 e. The Morgan fingerprint density at radius 1 is 1.20 bits per heavy atom. The maximum absolute atomic E-state index is 12.0. The summed E-state index contributed by atoms with van der Waals surface area (Å²) in [6.45, 7) is 8.66. The molecule has 1 amide bonds. The van der Waals surface area contributed by atoms with Crippen molar-refractivity contribution in [3.63, 3.8) is 0 Å². The van der Waals surface area contributed by atoms with Gasteiger partial charge in [-0.25, -0.2) is 0 Å². The first-order chi connectivity index (χ1) is 12.0. The molecule has 1 aliphatic heterocycles. The van der Waals surface area contributed by atoms with E-state index in [1.54, 1.807) is 0 Å². The van der Waals surface area contributed by atoms with Crippen LogP contribution in [0.5, 0.6) is 0 Å². The fraction of sp³-hybridized carbons (Fsp3) is 0.556. The minimum absolute atomic E-state index is 0.0859. The highest BCUT2D eigenvalue weighted by Crippen LogP contribution is 2.11. The molecule has 0 radical (unpaired) electrons. The topological polar surface area (TPSA) is 65.6 Å². The second kappa shape index (κ2) is 9.70. The highest BCUT2D eigenvalue weighted by atomic mass is 32.1. The SMILES string of the molecule is CCc1ccc(NC(=S)NNC(=O)CCN2C[C@H](C)O[C@@H](C)C2)cc1. The number of nitrogens with zero attached hydrogens (tertiary/aromatic N) is 1. The van der Waals surface area contributed by atoms with Crippen LogP contribution in [0, 0.1) is 0 Å². The zero-order chi connectivity index (χ0) is 18.2. The van der Waals surface area contributed by atoms with Crippen molar-refractivity contribution in [1.29, 1.82) is 0 Å². The molecule has 0 aliphatic carbocycles.